The van der Waals surface area contributed by atoms with Crippen LogP contribution in [0.25, 0.3) is 0 Å². The van der Waals surface area contributed by atoms with Gasteiger partial charge in [0.15, 0.2) is 9.84 Å². The summed E-state index contributed by atoms with van der Waals surface area (Å²) < 4.78 is 23.3. The van der Waals surface area contributed by atoms with Crippen molar-refractivity contribution < 1.29 is 18.0 Å². The summed E-state index contributed by atoms with van der Waals surface area (Å²) >= 11 is 0. The van der Waals surface area contributed by atoms with Crippen LogP contribution in [0.2, 0.25) is 0 Å². The maximum Gasteiger partial charge on any atom is 0.272 e. The Hall–Kier alpha value is -2.23. The zero-order chi connectivity index (χ0) is 18.9. The van der Waals surface area contributed by atoms with Crippen LogP contribution in [0.5, 0.6) is 0 Å². The van der Waals surface area contributed by atoms with Gasteiger partial charge in [0.2, 0.25) is 12.4 Å². The number of piperazine rings is 1. The van der Waals surface area contributed by atoms with Crippen LogP contribution in [-0.4, -0.2) is 91.3 Å². The molecule has 2 amide bonds. The molecule has 142 valence electrons. The summed E-state index contributed by atoms with van der Waals surface area (Å²) in [5.41, 5.74) is 0.931. The van der Waals surface area contributed by atoms with Gasteiger partial charge in [0.1, 0.15) is 5.69 Å². The fourth-order valence-corrected chi connectivity index (χ4v) is 5.03. The molecule has 0 spiro atoms. The van der Waals surface area contributed by atoms with E-state index in [1.165, 1.54) is 4.90 Å². The molecule has 2 fully saturated rings. The van der Waals surface area contributed by atoms with Crippen molar-refractivity contribution in [2.75, 3.05) is 49.6 Å². The third-order valence-corrected chi connectivity index (χ3v) is 6.63. The molecule has 0 bridgehead atoms. The lowest BCUT2D eigenvalue weighted by Gasteiger charge is -2.32. The summed E-state index contributed by atoms with van der Waals surface area (Å²) in [4.78, 5) is 37.6. The molecule has 1 aromatic heterocycles. The highest BCUT2D eigenvalue weighted by molar-refractivity contribution is 7.91. The molecule has 2 saturated heterocycles. The van der Waals surface area contributed by atoms with E-state index in [0.29, 0.717) is 44.2 Å². The van der Waals surface area contributed by atoms with Crippen molar-refractivity contribution in [3.63, 3.8) is 0 Å². The van der Waals surface area contributed by atoms with E-state index in [1.807, 2.05) is 4.90 Å². The molecule has 10 heteroatoms. The molecule has 0 saturated carbocycles. The van der Waals surface area contributed by atoms with Crippen LogP contribution in [0.4, 0.5) is 5.95 Å². The minimum absolute atomic E-state index is 0.000181. The van der Waals surface area contributed by atoms with Gasteiger partial charge in [-0.2, -0.15) is 0 Å². The van der Waals surface area contributed by atoms with E-state index < -0.39 is 9.84 Å². The molecule has 9 nitrogen and oxygen atoms in total. The Morgan fingerprint density at radius 1 is 1.27 bits per heavy atom. The SMILES string of the molecule is Cc1cc(C(=O)N(C)C2CCS(=O)(=O)C2)nc(N2CCN(C=O)CC2)n1. The highest BCUT2D eigenvalue weighted by atomic mass is 32.2. The standard InChI is InChI=1S/C16H23N5O4S/c1-12-9-14(15(23)19(2)13-3-8-26(24,25)10-13)18-16(17-12)21-6-4-20(11-22)5-7-21/h9,11,13H,3-8,10H2,1-2H3. The summed E-state index contributed by atoms with van der Waals surface area (Å²) in [5, 5.41) is 0. The zero-order valence-corrected chi connectivity index (χ0v) is 15.8. The fourth-order valence-electron chi connectivity index (χ4n) is 3.26. The largest absolute Gasteiger partial charge is 0.342 e. The number of nitrogens with zero attached hydrogens (tertiary/aromatic N) is 5. The summed E-state index contributed by atoms with van der Waals surface area (Å²) in [6.45, 7) is 4.18. The predicted octanol–water partition coefficient (Wildman–Crippen LogP) is -0.677. The van der Waals surface area contributed by atoms with E-state index >= 15 is 0 Å². The van der Waals surface area contributed by atoms with Crippen molar-refractivity contribution in [2.45, 2.75) is 19.4 Å². The number of rotatable bonds is 4. The van der Waals surface area contributed by atoms with Crippen molar-refractivity contribution in [2.24, 2.45) is 0 Å². The number of sulfone groups is 1. The highest BCUT2D eigenvalue weighted by Crippen LogP contribution is 2.19. The van der Waals surface area contributed by atoms with Crippen LogP contribution in [0.1, 0.15) is 22.6 Å². The molecule has 1 atom stereocenters. The molecular weight excluding hydrogens is 358 g/mol. The first kappa shape index (κ1) is 18.6. The van der Waals surface area contributed by atoms with Crippen molar-refractivity contribution in [1.82, 2.24) is 19.8 Å². The average molecular weight is 381 g/mol. The van der Waals surface area contributed by atoms with Crippen molar-refractivity contribution in [3.8, 4) is 0 Å². The van der Waals surface area contributed by atoms with E-state index in [1.54, 1.807) is 24.9 Å². The highest BCUT2D eigenvalue weighted by Gasteiger charge is 2.33. The number of carbonyl (C=O) groups excluding carboxylic acids is 2. The van der Waals surface area contributed by atoms with E-state index in [4.69, 9.17) is 0 Å². The van der Waals surface area contributed by atoms with Gasteiger partial charge in [-0.05, 0) is 19.4 Å². The third-order valence-electron chi connectivity index (χ3n) is 4.88. The molecule has 0 N–H and O–H groups in total. The Morgan fingerprint density at radius 3 is 2.54 bits per heavy atom. The molecule has 1 unspecified atom stereocenters. The molecular formula is C16H23N5O4S. The van der Waals surface area contributed by atoms with Gasteiger partial charge < -0.3 is 14.7 Å². The molecule has 0 radical (unpaired) electrons. The monoisotopic (exact) mass is 381 g/mol. The molecule has 1 aromatic rings. The molecule has 0 aliphatic carbocycles. The van der Waals surface area contributed by atoms with Crippen molar-refractivity contribution in [3.05, 3.63) is 17.5 Å². The minimum atomic E-state index is -3.07. The number of aryl methyl sites for hydroxylation is 1. The van der Waals surface area contributed by atoms with Gasteiger partial charge in [-0.15, -0.1) is 0 Å². The van der Waals surface area contributed by atoms with Gasteiger partial charge >= 0.3 is 0 Å². The van der Waals surface area contributed by atoms with Gasteiger partial charge in [0.25, 0.3) is 5.91 Å². The molecule has 3 heterocycles. The predicted molar refractivity (Wildman–Crippen MR) is 95.8 cm³/mol. The Labute approximate surface area is 152 Å². The summed E-state index contributed by atoms with van der Waals surface area (Å²) in [6, 6.07) is 1.30. The summed E-state index contributed by atoms with van der Waals surface area (Å²) in [5.74, 6) is 0.279. The van der Waals surface area contributed by atoms with Crippen LogP contribution in [0.15, 0.2) is 6.07 Å². The van der Waals surface area contributed by atoms with Crippen LogP contribution < -0.4 is 4.90 Å². The molecule has 3 rings (SSSR count). The Bertz CT molecular complexity index is 805. The maximum atomic E-state index is 12.8. The van der Waals surface area contributed by atoms with Crippen molar-refractivity contribution >= 4 is 28.1 Å². The van der Waals surface area contributed by atoms with E-state index in [-0.39, 0.29) is 29.1 Å². The summed E-state index contributed by atoms with van der Waals surface area (Å²) in [7, 11) is -1.45. The van der Waals surface area contributed by atoms with E-state index in [9.17, 15) is 18.0 Å². The first-order valence-electron chi connectivity index (χ1n) is 8.56. The first-order valence-corrected chi connectivity index (χ1v) is 10.4. The second-order valence-corrected chi connectivity index (χ2v) is 9.02. The number of aromatic nitrogens is 2. The van der Waals surface area contributed by atoms with Gasteiger partial charge in [-0.25, -0.2) is 18.4 Å². The summed E-state index contributed by atoms with van der Waals surface area (Å²) in [6.07, 6.45) is 1.28. The molecule has 0 aromatic carbocycles. The van der Waals surface area contributed by atoms with Crippen LogP contribution in [0, 0.1) is 6.92 Å². The average Bonchev–Trinajstić information content (AvgIpc) is 3.00. The molecule has 26 heavy (non-hydrogen) atoms. The van der Waals surface area contributed by atoms with E-state index in [2.05, 4.69) is 9.97 Å². The Morgan fingerprint density at radius 2 is 1.96 bits per heavy atom. The lowest BCUT2D eigenvalue weighted by atomic mass is 10.2. The van der Waals surface area contributed by atoms with Crippen LogP contribution in [0.3, 0.4) is 0 Å². The lowest BCUT2D eigenvalue weighted by molar-refractivity contribution is -0.118. The van der Waals surface area contributed by atoms with Crippen LogP contribution in [-0.2, 0) is 14.6 Å². The normalized spacial score (nSPS) is 22.3. The van der Waals surface area contributed by atoms with E-state index in [0.717, 1.165) is 6.41 Å². The second-order valence-electron chi connectivity index (χ2n) is 6.80. The Balaban J connectivity index is 1.77. The Kier molecular flexibility index (Phi) is 5.12. The second kappa shape index (κ2) is 7.18. The molecule has 2 aliphatic heterocycles. The topological polar surface area (TPSA) is 104 Å². The fraction of sp³-hybridized carbons (Fsp3) is 0.625. The maximum absolute atomic E-state index is 12.8. The number of anilines is 1. The van der Waals surface area contributed by atoms with Crippen molar-refractivity contribution in [1.29, 1.82) is 0 Å². The van der Waals surface area contributed by atoms with Gasteiger partial charge in [-0.1, -0.05) is 0 Å². The number of amides is 2. The van der Waals surface area contributed by atoms with Gasteiger partial charge in [0, 0.05) is 45.0 Å². The zero-order valence-electron chi connectivity index (χ0n) is 15.0. The van der Waals surface area contributed by atoms with Gasteiger partial charge in [-0.3, -0.25) is 9.59 Å². The number of carbonyl (C=O) groups is 2. The number of hydrogen-bond acceptors (Lipinski definition) is 7. The quantitative estimate of drug-likeness (QED) is 0.637. The third kappa shape index (κ3) is 3.95. The molecule has 2 aliphatic rings. The lowest BCUT2D eigenvalue weighted by Crippen LogP contribution is -2.46. The number of hydrogen-bond donors (Lipinski definition) is 0. The smallest absolute Gasteiger partial charge is 0.272 e. The first-order chi connectivity index (χ1) is 12.3. The van der Waals surface area contributed by atoms with Crippen LogP contribution >= 0.6 is 0 Å². The minimum Gasteiger partial charge on any atom is -0.342 e. The van der Waals surface area contributed by atoms with Gasteiger partial charge in [0.05, 0.1) is 11.5 Å².